The molecule has 0 radical (unpaired) electrons. The Hall–Kier alpha value is -2.02. The van der Waals surface area contributed by atoms with Crippen molar-refractivity contribution in [2.45, 2.75) is 58.1 Å². The molecule has 0 bridgehead atoms. The van der Waals surface area contributed by atoms with Crippen molar-refractivity contribution in [3.63, 3.8) is 0 Å². The van der Waals surface area contributed by atoms with Gasteiger partial charge in [0.1, 0.15) is 11.8 Å². The number of carbonyl (C=O) groups excluding carboxylic acids is 2. The molecule has 152 valence electrons. The van der Waals surface area contributed by atoms with Gasteiger partial charge in [0, 0.05) is 25.3 Å². The van der Waals surface area contributed by atoms with Gasteiger partial charge in [-0.05, 0) is 31.9 Å². The number of rotatable bonds is 7. The molecule has 2 aliphatic rings. The van der Waals surface area contributed by atoms with Gasteiger partial charge in [0.05, 0.1) is 19.6 Å². The quantitative estimate of drug-likeness (QED) is 0.675. The van der Waals surface area contributed by atoms with Crippen LogP contribution in [0.4, 0.5) is 0 Å². The fraction of sp³-hybridized carbons (Fsp3) is 0.545. The smallest absolute Gasteiger partial charge is 0.236 e. The summed E-state index contributed by atoms with van der Waals surface area (Å²) in [7, 11) is 0. The molecule has 0 N–H and O–H groups in total. The number of carbonyl (C=O) groups is 2. The highest BCUT2D eigenvalue weighted by atomic mass is 16.6. The molecule has 2 aliphatic heterocycles. The van der Waals surface area contributed by atoms with Crippen molar-refractivity contribution in [1.82, 2.24) is 9.80 Å². The third-order valence-corrected chi connectivity index (χ3v) is 5.46. The maximum Gasteiger partial charge on any atom is 0.236 e. The molecule has 0 aromatic heterocycles. The van der Waals surface area contributed by atoms with Gasteiger partial charge in [-0.2, -0.15) is 0 Å². The van der Waals surface area contributed by atoms with Crippen LogP contribution in [0.3, 0.4) is 0 Å². The van der Waals surface area contributed by atoms with Crippen molar-refractivity contribution in [1.29, 1.82) is 0 Å². The number of ether oxygens (including phenoxy) is 2. The summed E-state index contributed by atoms with van der Waals surface area (Å²) in [6.07, 6.45) is 3.27. The molecule has 6 heteroatoms. The van der Waals surface area contributed by atoms with Gasteiger partial charge in [0.2, 0.25) is 5.91 Å². The highest BCUT2D eigenvalue weighted by Gasteiger charge is 2.43. The zero-order chi connectivity index (χ0) is 20.1. The van der Waals surface area contributed by atoms with Crippen molar-refractivity contribution in [3.05, 3.63) is 48.2 Å². The van der Waals surface area contributed by atoms with Crippen LogP contribution in [-0.4, -0.2) is 59.1 Å². The lowest BCUT2D eigenvalue weighted by atomic mass is 9.97. The number of amides is 1. The Balaban J connectivity index is 1.73. The summed E-state index contributed by atoms with van der Waals surface area (Å²) < 4.78 is 12.5. The van der Waals surface area contributed by atoms with E-state index in [1.807, 2.05) is 30.3 Å². The Labute approximate surface area is 167 Å². The molecule has 1 amide bonds. The summed E-state index contributed by atoms with van der Waals surface area (Å²) in [4.78, 5) is 27.8. The van der Waals surface area contributed by atoms with Crippen molar-refractivity contribution in [2.75, 3.05) is 19.7 Å². The predicted molar refractivity (Wildman–Crippen MR) is 106 cm³/mol. The molecule has 0 spiro atoms. The van der Waals surface area contributed by atoms with E-state index in [9.17, 15) is 9.59 Å². The third-order valence-electron chi connectivity index (χ3n) is 5.46. The van der Waals surface area contributed by atoms with E-state index >= 15 is 0 Å². The average molecular weight is 386 g/mol. The lowest BCUT2D eigenvalue weighted by Gasteiger charge is -2.49. The molecule has 1 aromatic rings. The Morgan fingerprint density at radius 2 is 2.00 bits per heavy atom. The number of hydrogen-bond acceptors (Lipinski definition) is 5. The first-order valence-electron chi connectivity index (χ1n) is 9.98. The molecular weight excluding hydrogens is 356 g/mol. The van der Waals surface area contributed by atoms with Crippen molar-refractivity contribution >= 4 is 11.7 Å². The highest BCUT2D eigenvalue weighted by Crippen LogP contribution is 2.30. The molecule has 2 atom stereocenters. The standard InChI is InChI=1S/C22H30N2O4/c1-4-22(16-27-14-18-8-6-5-7-9-18)15-23(17(2)3)13-21(28-22)24-11-10-19(25)12-20(24)26/h5-11,17,21H,4,12-16H2,1-3H3/t21-,22+/m1/s1. The third kappa shape index (κ3) is 4.87. The molecule has 28 heavy (non-hydrogen) atoms. The fourth-order valence-electron chi connectivity index (χ4n) is 3.64. The second-order valence-electron chi connectivity index (χ2n) is 7.87. The monoisotopic (exact) mass is 386 g/mol. The van der Waals surface area contributed by atoms with Crippen molar-refractivity contribution in [2.24, 2.45) is 0 Å². The largest absolute Gasteiger partial charge is 0.374 e. The normalized spacial score (nSPS) is 26.3. The first-order chi connectivity index (χ1) is 13.4. The van der Waals surface area contributed by atoms with E-state index in [2.05, 4.69) is 25.7 Å². The van der Waals surface area contributed by atoms with E-state index in [0.717, 1.165) is 18.5 Å². The van der Waals surface area contributed by atoms with Crippen LogP contribution in [0.15, 0.2) is 42.6 Å². The van der Waals surface area contributed by atoms with Gasteiger partial charge >= 0.3 is 0 Å². The number of morpholine rings is 1. The van der Waals surface area contributed by atoms with Gasteiger partial charge in [0.25, 0.3) is 0 Å². The van der Waals surface area contributed by atoms with Gasteiger partial charge in [-0.15, -0.1) is 0 Å². The first-order valence-corrected chi connectivity index (χ1v) is 9.98. The Kier molecular flexibility index (Phi) is 6.65. The Morgan fingerprint density at radius 3 is 2.64 bits per heavy atom. The fourth-order valence-corrected chi connectivity index (χ4v) is 3.64. The minimum atomic E-state index is -0.502. The molecular formula is C22H30N2O4. The number of allylic oxidation sites excluding steroid dienone is 1. The van der Waals surface area contributed by atoms with E-state index in [1.165, 1.54) is 6.08 Å². The van der Waals surface area contributed by atoms with Gasteiger partial charge in [-0.1, -0.05) is 37.3 Å². The van der Waals surface area contributed by atoms with E-state index in [-0.39, 0.29) is 18.1 Å². The summed E-state index contributed by atoms with van der Waals surface area (Å²) >= 11 is 0. The van der Waals surface area contributed by atoms with Gasteiger partial charge in [-0.25, -0.2) is 0 Å². The van der Waals surface area contributed by atoms with E-state index < -0.39 is 11.8 Å². The van der Waals surface area contributed by atoms with Gasteiger partial charge < -0.3 is 9.47 Å². The Bertz CT molecular complexity index is 719. The summed E-state index contributed by atoms with van der Waals surface area (Å²) in [5, 5.41) is 0. The molecule has 2 heterocycles. The van der Waals surface area contributed by atoms with Crippen molar-refractivity contribution in [3.8, 4) is 0 Å². The lowest BCUT2D eigenvalue weighted by Crippen LogP contribution is -2.63. The van der Waals surface area contributed by atoms with Crippen molar-refractivity contribution < 1.29 is 19.1 Å². The summed E-state index contributed by atoms with van der Waals surface area (Å²) in [6, 6.07) is 10.4. The number of benzene rings is 1. The number of nitrogens with zero attached hydrogens (tertiary/aromatic N) is 2. The molecule has 0 saturated carbocycles. The minimum absolute atomic E-state index is 0.0956. The maximum atomic E-state index is 12.4. The Morgan fingerprint density at radius 1 is 1.25 bits per heavy atom. The second kappa shape index (κ2) is 8.99. The van der Waals surface area contributed by atoms with Crippen LogP contribution in [0.25, 0.3) is 0 Å². The topological polar surface area (TPSA) is 59.1 Å². The number of hydrogen-bond donors (Lipinski definition) is 0. The number of ketones is 1. The van der Waals surface area contributed by atoms with Gasteiger partial charge in [0.15, 0.2) is 5.78 Å². The van der Waals surface area contributed by atoms with Crippen LogP contribution in [0.1, 0.15) is 39.2 Å². The zero-order valence-electron chi connectivity index (χ0n) is 17.0. The molecule has 0 aliphatic carbocycles. The molecule has 1 fully saturated rings. The zero-order valence-corrected chi connectivity index (χ0v) is 17.0. The molecule has 6 nitrogen and oxygen atoms in total. The molecule has 0 unspecified atom stereocenters. The van der Waals surface area contributed by atoms with E-state index in [4.69, 9.17) is 9.47 Å². The highest BCUT2D eigenvalue weighted by molar-refractivity contribution is 6.06. The van der Waals surface area contributed by atoms with E-state index in [0.29, 0.717) is 25.8 Å². The summed E-state index contributed by atoms with van der Waals surface area (Å²) in [5.74, 6) is -0.371. The first kappa shape index (κ1) is 20.7. The average Bonchev–Trinajstić information content (AvgIpc) is 2.68. The van der Waals surface area contributed by atoms with Crippen LogP contribution in [0, 0.1) is 0 Å². The van der Waals surface area contributed by atoms with Gasteiger partial charge in [-0.3, -0.25) is 19.4 Å². The summed E-state index contributed by atoms with van der Waals surface area (Å²) in [6.45, 7) is 8.71. The van der Waals surface area contributed by atoms with Crippen LogP contribution in [-0.2, 0) is 25.7 Å². The summed E-state index contributed by atoms with van der Waals surface area (Å²) in [5.41, 5.74) is 0.617. The minimum Gasteiger partial charge on any atom is -0.374 e. The molecule has 1 aromatic carbocycles. The maximum absolute atomic E-state index is 12.4. The predicted octanol–water partition coefficient (Wildman–Crippen LogP) is 2.73. The SMILES string of the molecule is CC[C@@]1(COCc2ccccc2)CN(C(C)C)C[C@H](N2C=CC(=O)CC2=O)O1. The lowest BCUT2D eigenvalue weighted by molar-refractivity contribution is -0.222. The second-order valence-corrected chi connectivity index (χ2v) is 7.87. The molecule has 3 rings (SSSR count). The van der Waals surface area contributed by atoms with Crippen LogP contribution >= 0.6 is 0 Å². The molecule has 1 saturated heterocycles. The van der Waals surface area contributed by atoms with E-state index in [1.54, 1.807) is 11.1 Å². The van der Waals surface area contributed by atoms with Crippen LogP contribution < -0.4 is 0 Å². The van der Waals surface area contributed by atoms with Crippen LogP contribution in [0.2, 0.25) is 0 Å². The van der Waals surface area contributed by atoms with Crippen LogP contribution in [0.5, 0.6) is 0 Å².